The number of nitrogens with zero attached hydrogens (tertiary/aromatic N) is 1. The molecule has 5 rings (SSSR count). The van der Waals surface area contributed by atoms with Crippen molar-refractivity contribution in [2.24, 2.45) is 0 Å². The number of carbonyl (C=O) groups excluding carboxylic acids is 2. The first kappa shape index (κ1) is 26.0. The molecule has 4 aromatic carbocycles. The van der Waals surface area contributed by atoms with E-state index < -0.39 is 6.04 Å². The van der Waals surface area contributed by atoms with Crippen LogP contribution < -0.4 is 10.6 Å². The molecule has 2 atom stereocenters. The molecule has 194 valence electrons. The van der Waals surface area contributed by atoms with E-state index in [1.165, 1.54) is 16.3 Å². The van der Waals surface area contributed by atoms with E-state index in [4.69, 9.17) is 11.6 Å². The predicted octanol–water partition coefficient (Wildman–Crippen LogP) is 4.81. The molecular formula is C32H32ClN3O2. The Kier molecular flexibility index (Phi) is 8.37. The fraction of sp³-hybridized carbons (Fsp3) is 0.250. The molecule has 0 aliphatic carbocycles. The van der Waals surface area contributed by atoms with Crippen molar-refractivity contribution in [3.05, 3.63) is 119 Å². The number of nitrogens with one attached hydrogen (secondary N) is 2. The van der Waals surface area contributed by atoms with Crippen molar-refractivity contribution in [2.75, 3.05) is 19.6 Å². The normalized spacial score (nSPS) is 16.2. The lowest BCUT2D eigenvalue weighted by Gasteiger charge is -2.36. The Morgan fingerprint density at radius 1 is 0.868 bits per heavy atom. The first-order valence-electron chi connectivity index (χ1n) is 13.1. The Bertz CT molecular complexity index is 1390. The van der Waals surface area contributed by atoms with Gasteiger partial charge in [0.1, 0.15) is 6.04 Å². The molecule has 2 amide bonds. The Morgan fingerprint density at radius 2 is 1.58 bits per heavy atom. The summed E-state index contributed by atoms with van der Waals surface area (Å²) in [5.41, 5.74) is 3.11. The molecule has 6 heteroatoms. The number of hydrogen-bond donors (Lipinski definition) is 2. The lowest BCUT2D eigenvalue weighted by Crippen LogP contribution is -2.58. The van der Waals surface area contributed by atoms with Gasteiger partial charge in [-0.15, -0.1) is 0 Å². The van der Waals surface area contributed by atoms with Gasteiger partial charge in [0, 0.05) is 37.1 Å². The van der Waals surface area contributed by atoms with Crippen molar-refractivity contribution in [1.29, 1.82) is 0 Å². The zero-order valence-electron chi connectivity index (χ0n) is 21.3. The second-order valence-corrected chi connectivity index (χ2v) is 10.4. The molecule has 5 nitrogen and oxygen atoms in total. The Labute approximate surface area is 228 Å². The Hall–Kier alpha value is -3.67. The fourth-order valence-corrected chi connectivity index (χ4v) is 5.24. The summed E-state index contributed by atoms with van der Waals surface area (Å²) >= 11 is 6.07. The summed E-state index contributed by atoms with van der Waals surface area (Å²) in [6.07, 6.45) is 1.48. The van der Waals surface area contributed by atoms with E-state index in [1.54, 1.807) is 0 Å². The third kappa shape index (κ3) is 6.80. The van der Waals surface area contributed by atoms with Gasteiger partial charge in [-0.25, -0.2) is 0 Å². The average molecular weight is 526 g/mol. The van der Waals surface area contributed by atoms with Crippen molar-refractivity contribution in [1.82, 2.24) is 15.5 Å². The van der Waals surface area contributed by atoms with Gasteiger partial charge in [0.2, 0.25) is 11.8 Å². The summed E-state index contributed by atoms with van der Waals surface area (Å²) in [7, 11) is 0. The number of benzene rings is 4. The minimum absolute atomic E-state index is 0.0497. The summed E-state index contributed by atoms with van der Waals surface area (Å²) in [5, 5.41) is 9.69. The van der Waals surface area contributed by atoms with Crippen LogP contribution in [0.3, 0.4) is 0 Å². The molecular weight excluding hydrogens is 494 g/mol. The molecule has 0 spiro atoms. The van der Waals surface area contributed by atoms with Crippen molar-refractivity contribution in [3.63, 3.8) is 0 Å². The maximum absolute atomic E-state index is 13.8. The van der Waals surface area contributed by atoms with E-state index in [2.05, 4.69) is 47.0 Å². The molecule has 1 unspecified atom stereocenters. The number of amides is 2. The van der Waals surface area contributed by atoms with E-state index >= 15 is 0 Å². The van der Waals surface area contributed by atoms with Crippen LogP contribution in [0, 0.1) is 0 Å². The molecule has 0 saturated carbocycles. The summed E-state index contributed by atoms with van der Waals surface area (Å²) in [4.78, 5) is 28.6. The summed E-state index contributed by atoms with van der Waals surface area (Å²) in [6.45, 7) is 1.92. The van der Waals surface area contributed by atoms with Crippen LogP contribution in [0.4, 0.5) is 0 Å². The van der Waals surface area contributed by atoms with Crippen molar-refractivity contribution < 1.29 is 9.59 Å². The molecule has 1 aliphatic heterocycles. The number of piperazine rings is 1. The minimum atomic E-state index is -0.646. The lowest BCUT2D eigenvalue weighted by molar-refractivity contribution is -0.137. The molecule has 1 heterocycles. The summed E-state index contributed by atoms with van der Waals surface area (Å²) in [5.74, 6) is -0.210. The third-order valence-corrected chi connectivity index (χ3v) is 7.31. The van der Waals surface area contributed by atoms with Gasteiger partial charge in [-0.2, -0.15) is 0 Å². The van der Waals surface area contributed by atoms with Crippen LogP contribution in [0.25, 0.3) is 10.8 Å². The molecule has 1 fully saturated rings. The van der Waals surface area contributed by atoms with E-state index in [0.717, 1.165) is 24.1 Å². The van der Waals surface area contributed by atoms with Gasteiger partial charge in [0.05, 0.1) is 6.42 Å². The first-order chi connectivity index (χ1) is 18.5. The zero-order chi connectivity index (χ0) is 26.3. The van der Waals surface area contributed by atoms with Crippen LogP contribution in [0.15, 0.2) is 97.1 Å². The SMILES string of the molecule is O=C(Cc1ccccc1)N[C@H](Cc1ccc(Cl)cc1)C(=O)N1CCNC(Cc2ccc3ccccc3c2)C1. The third-order valence-electron chi connectivity index (χ3n) is 7.06. The first-order valence-corrected chi connectivity index (χ1v) is 13.5. The largest absolute Gasteiger partial charge is 0.344 e. The van der Waals surface area contributed by atoms with Gasteiger partial charge in [0.15, 0.2) is 0 Å². The maximum atomic E-state index is 13.8. The molecule has 4 aromatic rings. The van der Waals surface area contributed by atoms with Crippen LogP contribution in [0.5, 0.6) is 0 Å². The van der Waals surface area contributed by atoms with Crippen LogP contribution in [0.2, 0.25) is 5.02 Å². The quantitative estimate of drug-likeness (QED) is 0.347. The highest BCUT2D eigenvalue weighted by Gasteiger charge is 2.30. The second-order valence-electron chi connectivity index (χ2n) is 9.93. The van der Waals surface area contributed by atoms with Crippen LogP contribution >= 0.6 is 11.6 Å². The zero-order valence-corrected chi connectivity index (χ0v) is 22.0. The van der Waals surface area contributed by atoms with Gasteiger partial charge in [0.25, 0.3) is 0 Å². The minimum Gasteiger partial charge on any atom is -0.344 e. The summed E-state index contributed by atoms with van der Waals surface area (Å²) in [6, 6.07) is 31.4. The van der Waals surface area contributed by atoms with Crippen molar-refractivity contribution in [2.45, 2.75) is 31.3 Å². The van der Waals surface area contributed by atoms with E-state index in [-0.39, 0.29) is 24.3 Å². The van der Waals surface area contributed by atoms with Crippen LogP contribution in [-0.4, -0.2) is 48.4 Å². The molecule has 1 saturated heterocycles. The van der Waals surface area contributed by atoms with Gasteiger partial charge in [-0.05, 0) is 46.0 Å². The molecule has 1 aliphatic rings. The van der Waals surface area contributed by atoms with Crippen LogP contribution in [-0.2, 0) is 28.9 Å². The molecule has 0 aromatic heterocycles. The second kappa shape index (κ2) is 12.2. The van der Waals surface area contributed by atoms with Gasteiger partial charge < -0.3 is 15.5 Å². The number of hydrogen-bond acceptors (Lipinski definition) is 3. The van der Waals surface area contributed by atoms with Gasteiger partial charge in [-0.3, -0.25) is 9.59 Å². The fourth-order valence-electron chi connectivity index (χ4n) is 5.12. The number of carbonyl (C=O) groups is 2. The van der Waals surface area contributed by atoms with E-state index in [0.29, 0.717) is 24.5 Å². The maximum Gasteiger partial charge on any atom is 0.245 e. The number of rotatable bonds is 8. The smallest absolute Gasteiger partial charge is 0.245 e. The van der Waals surface area contributed by atoms with Crippen LogP contribution in [0.1, 0.15) is 16.7 Å². The van der Waals surface area contributed by atoms with Gasteiger partial charge in [-0.1, -0.05) is 96.5 Å². The molecule has 38 heavy (non-hydrogen) atoms. The van der Waals surface area contributed by atoms with Gasteiger partial charge >= 0.3 is 0 Å². The average Bonchev–Trinajstić information content (AvgIpc) is 2.94. The number of fused-ring (bicyclic) bond motifs is 1. The van der Waals surface area contributed by atoms with E-state index in [1.807, 2.05) is 65.6 Å². The number of halogens is 1. The van der Waals surface area contributed by atoms with Crippen molar-refractivity contribution >= 4 is 34.2 Å². The highest BCUT2D eigenvalue weighted by atomic mass is 35.5. The van der Waals surface area contributed by atoms with Crippen molar-refractivity contribution in [3.8, 4) is 0 Å². The molecule has 0 bridgehead atoms. The highest BCUT2D eigenvalue weighted by molar-refractivity contribution is 6.30. The Balaban J connectivity index is 1.28. The topological polar surface area (TPSA) is 61.4 Å². The highest BCUT2D eigenvalue weighted by Crippen LogP contribution is 2.18. The summed E-state index contributed by atoms with van der Waals surface area (Å²) < 4.78 is 0. The monoisotopic (exact) mass is 525 g/mol. The molecule has 2 N–H and O–H groups in total. The Morgan fingerprint density at radius 3 is 2.37 bits per heavy atom. The predicted molar refractivity (Wildman–Crippen MR) is 153 cm³/mol. The van der Waals surface area contributed by atoms with E-state index in [9.17, 15) is 9.59 Å². The standard InChI is InChI=1S/C32H32ClN3O2/c33-28-14-11-24(12-15-28)20-30(35-31(37)21-23-6-2-1-3-7-23)32(38)36-17-16-34-29(22-36)19-25-10-13-26-8-4-5-9-27(26)18-25/h1-15,18,29-30,34H,16-17,19-22H2,(H,35,37)/t29?,30-/m1/s1. The lowest BCUT2D eigenvalue weighted by atomic mass is 9.99. The molecule has 0 radical (unpaired) electrons.